The number of carbonyl (C=O) groups is 1. The average Bonchev–Trinajstić information content (AvgIpc) is 3.00. The summed E-state index contributed by atoms with van der Waals surface area (Å²) in [6, 6.07) is 5.81. The van der Waals surface area contributed by atoms with E-state index in [4.69, 9.17) is 9.15 Å². The zero-order valence-corrected chi connectivity index (χ0v) is 11.8. The largest absolute Gasteiger partial charge is 0.443 e. The Bertz CT molecular complexity index is 734. The highest BCUT2D eigenvalue weighted by molar-refractivity contribution is 5.89. The van der Waals surface area contributed by atoms with Crippen LogP contribution in [0.15, 0.2) is 27.4 Å². The fourth-order valence-corrected chi connectivity index (χ4v) is 2.27. The summed E-state index contributed by atoms with van der Waals surface area (Å²) < 4.78 is 10.1. The number of amides is 1. The van der Waals surface area contributed by atoms with Crippen LogP contribution in [0, 0.1) is 13.8 Å². The van der Waals surface area contributed by atoms with Crippen molar-refractivity contribution in [3.63, 3.8) is 0 Å². The Morgan fingerprint density at radius 1 is 1.33 bits per heavy atom. The van der Waals surface area contributed by atoms with E-state index < -0.39 is 11.8 Å². The van der Waals surface area contributed by atoms with Gasteiger partial charge in [0.05, 0.1) is 13.0 Å². The third kappa shape index (κ3) is 2.67. The number of nitrogens with zero attached hydrogens (tertiary/aromatic N) is 2. The first-order chi connectivity index (χ1) is 10.0. The van der Waals surface area contributed by atoms with Gasteiger partial charge in [-0.05, 0) is 37.1 Å². The summed E-state index contributed by atoms with van der Waals surface area (Å²) in [5.74, 6) is -0.375. The molecule has 0 saturated carbocycles. The van der Waals surface area contributed by atoms with Gasteiger partial charge < -0.3 is 9.15 Å². The van der Waals surface area contributed by atoms with Gasteiger partial charge in [-0.15, -0.1) is 5.10 Å². The lowest BCUT2D eigenvalue weighted by atomic mass is 10.1. The van der Waals surface area contributed by atoms with Crippen LogP contribution in [0.3, 0.4) is 0 Å². The lowest BCUT2D eigenvalue weighted by molar-refractivity contribution is 0.137. The number of H-pyrrole nitrogens is 1. The lowest BCUT2D eigenvalue weighted by Gasteiger charge is -2.14. The molecule has 1 aromatic carbocycles. The second kappa shape index (κ2) is 5.08. The second-order valence-electron chi connectivity index (χ2n) is 5.10. The van der Waals surface area contributed by atoms with E-state index in [1.54, 1.807) is 4.90 Å². The molecule has 2 aromatic rings. The SMILES string of the molecule is Cc1ccc(N2CC(Cc3n[nH]c(=O)o3)OC2=O)cc1C. The van der Waals surface area contributed by atoms with Gasteiger partial charge in [-0.3, -0.25) is 4.90 Å². The number of ether oxygens (including phenoxy) is 1. The number of aromatic nitrogens is 2. The fourth-order valence-electron chi connectivity index (χ4n) is 2.27. The number of carbonyl (C=O) groups excluding carboxylic acids is 1. The van der Waals surface area contributed by atoms with E-state index in [-0.39, 0.29) is 18.4 Å². The monoisotopic (exact) mass is 289 g/mol. The summed E-state index contributed by atoms with van der Waals surface area (Å²) in [5.41, 5.74) is 3.08. The second-order valence-corrected chi connectivity index (χ2v) is 5.10. The Morgan fingerprint density at radius 3 is 2.81 bits per heavy atom. The standard InChI is InChI=1S/C14H15N3O4/c1-8-3-4-10(5-9(8)2)17-7-11(20-14(17)19)6-12-15-16-13(18)21-12/h3-5,11H,6-7H2,1-2H3,(H,16,18). The molecule has 0 spiro atoms. The van der Waals surface area contributed by atoms with Crippen LogP contribution in [0.25, 0.3) is 0 Å². The topological polar surface area (TPSA) is 88.4 Å². The molecule has 1 fully saturated rings. The van der Waals surface area contributed by atoms with Crippen molar-refractivity contribution in [3.05, 3.63) is 45.8 Å². The zero-order chi connectivity index (χ0) is 15.0. The van der Waals surface area contributed by atoms with Crippen molar-refractivity contribution in [1.82, 2.24) is 10.2 Å². The molecule has 1 aromatic heterocycles. The van der Waals surface area contributed by atoms with Crippen molar-refractivity contribution in [3.8, 4) is 0 Å². The first kappa shape index (κ1) is 13.4. The minimum absolute atomic E-state index is 0.236. The lowest BCUT2D eigenvalue weighted by Crippen LogP contribution is -2.25. The van der Waals surface area contributed by atoms with Gasteiger partial charge in [0.15, 0.2) is 0 Å². The van der Waals surface area contributed by atoms with E-state index in [2.05, 4.69) is 10.2 Å². The molecule has 3 rings (SSSR count). The van der Waals surface area contributed by atoms with Crippen LogP contribution in [0.1, 0.15) is 17.0 Å². The molecule has 1 atom stereocenters. The third-order valence-corrected chi connectivity index (χ3v) is 3.56. The minimum atomic E-state index is -0.611. The van der Waals surface area contributed by atoms with Crippen molar-refractivity contribution in [2.45, 2.75) is 26.4 Å². The molecule has 1 saturated heterocycles. The Kier molecular flexibility index (Phi) is 3.25. The number of benzene rings is 1. The van der Waals surface area contributed by atoms with E-state index in [0.29, 0.717) is 6.54 Å². The summed E-state index contributed by atoms with van der Waals surface area (Å²) in [6.07, 6.45) is -0.516. The van der Waals surface area contributed by atoms with Crippen LogP contribution in [0.5, 0.6) is 0 Å². The number of hydrogen-bond donors (Lipinski definition) is 1. The molecule has 7 nitrogen and oxygen atoms in total. The summed E-state index contributed by atoms with van der Waals surface area (Å²) >= 11 is 0. The van der Waals surface area contributed by atoms with Crippen LogP contribution < -0.4 is 10.7 Å². The molecule has 110 valence electrons. The first-order valence-corrected chi connectivity index (χ1v) is 6.63. The maximum atomic E-state index is 12.0. The number of nitrogens with one attached hydrogen (secondary N) is 1. The maximum absolute atomic E-state index is 12.0. The molecular formula is C14H15N3O4. The summed E-state index contributed by atoms with van der Waals surface area (Å²) in [4.78, 5) is 24.4. The predicted molar refractivity (Wildman–Crippen MR) is 74.4 cm³/mol. The summed E-state index contributed by atoms with van der Waals surface area (Å²) in [6.45, 7) is 4.41. The van der Waals surface area contributed by atoms with Crippen LogP contribution in [-0.2, 0) is 11.2 Å². The van der Waals surface area contributed by atoms with Gasteiger partial charge in [0.1, 0.15) is 6.10 Å². The van der Waals surface area contributed by atoms with Crippen LogP contribution >= 0.6 is 0 Å². The fraction of sp³-hybridized carbons (Fsp3) is 0.357. The molecule has 1 aliphatic rings. The van der Waals surface area contributed by atoms with Crippen LogP contribution in [0.2, 0.25) is 0 Å². The first-order valence-electron chi connectivity index (χ1n) is 6.63. The Morgan fingerprint density at radius 2 is 2.14 bits per heavy atom. The van der Waals surface area contributed by atoms with Gasteiger partial charge in [-0.25, -0.2) is 14.7 Å². The summed E-state index contributed by atoms with van der Waals surface area (Å²) in [7, 11) is 0. The number of anilines is 1. The molecule has 1 N–H and O–H groups in total. The van der Waals surface area contributed by atoms with Gasteiger partial charge in [-0.1, -0.05) is 6.07 Å². The predicted octanol–water partition coefficient (Wildman–Crippen LogP) is 1.55. The number of aryl methyl sites for hydroxylation is 2. The Balaban J connectivity index is 1.75. The molecule has 7 heteroatoms. The Hall–Kier alpha value is -2.57. The molecule has 21 heavy (non-hydrogen) atoms. The highest BCUT2D eigenvalue weighted by Gasteiger charge is 2.33. The number of rotatable bonds is 3. The normalized spacial score (nSPS) is 18.1. The number of cyclic esters (lactones) is 1. The number of aromatic amines is 1. The van der Waals surface area contributed by atoms with Gasteiger partial charge in [0, 0.05) is 5.69 Å². The van der Waals surface area contributed by atoms with Gasteiger partial charge >= 0.3 is 11.8 Å². The smallest absolute Gasteiger partial charge is 0.434 e. The van der Waals surface area contributed by atoms with Gasteiger partial charge in [-0.2, -0.15) is 0 Å². The van der Waals surface area contributed by atoms with E-state index >= 15 is 0 Å². The van der Waals surface area contributed by atoms with Crippen LogP contribution in [0.4, 0.5) is 10.5 Å². The molecule has 1 amide bonds. The van der Waals surface area contributed by atoms with E-state index in [9.17, 15) is 9.59 Å². The van der Waals surface area contributed by atoms with E-state index in [0.717, 1.165) is 11.3 Å². The molecule has 0 radical (unpaired) electrons. The van der Waals surface area contributed by atoms with Crippen molar-refractivity contribution in [2.75, 3.05) is 11.4 Å². The summed E-state index contributed by atoms with van der Waals surface area (Å²) in [5, 5.41) is 5.90. The van der Waals surface area contributed by atoms with Gasteiger partial charge in [0.25, 0.3) is 0 Å². The van der Waals surface area contributed by atoms with Crippen molar-refractivity contribution in [1.29, 1.82) is 0 Å². The molecule has 0 aliphatic carbocycles. The van der Waals surface area contributed by atoms with E-state index in [1.807, 2.05) is 32.0 Å². The van der Waals surface area contributed by atoms with Crippen molar-refractivity contribution < 1.29 is 13.9 Å². The highest BCUT2D eigenvalue weighted by Crippen LogP contribution is 2.24. The van der Waals surface area contributed by atoms with Crippen molar-refractivity contribution >= 4 is 11.8 Å². The Labute approximate surface area is 120 Å². The van der Waals surface area contributed by atoms with Crippen LogP contribution in [-0.4, -0.2) is 28.9 Å². The molecule has 1 aliphatic heterocycles. The molecule has 1 unspecified atom stereocenters. The van der Waals surface area contributed by atoms with E-state index in [1.165, 1.54) is 5.56 Å². The zero-order valence-electron chi connectivity index (χ0n) is 11.8. The molecule has 2 heterocycles. The number of hydrogen-bond acceptors (Lipinski definition) is 5. The average molecular weight is 289 g/mol. The quantitative estimate of drug-likeness (QED) is 0.926. The third-order valence-electron chi connectivity index (χ3n) is 3.56. The highest BCUT2D eigenvalue weighted by atomic mass is 16.6. The maximum Gasteiger partial charge on any atom is 0.434 e. The van der Waals surface area contributed by atoms with Gasteiger partial charge in [0.2, 0.25) is 5.89 Å². The molecular weight excluding hydrogens is 274 g/mol. The molecule has 0 bridgehead atoms. The van der Waals surface area contributed by atoms with Crippen molar-refractivity contribution in [2.24, 2.45) is 0 Å². The minimum Gasteiger partial charge on any atom is -0.443 e.